The number of aliphatic hydroxyl groups is 1. The van der Waals surface area contributed by atoms with E-state index < -0.39 is 5.60 Å². The van der Waals surface area contributed by atoms with Gasteiger partial charge in [-0.1, -0.05) is 19.1 Å². The van der Waals surface area contributed by atoms with Gasteiger partial charge >= 0.3 is 0 Å². The van der Waals surface area contributed by atoms with E-state index in [1.165, 1.54) is 4.90 Å². The Hall–Kier alpha value is -0.670. The second-order valence-electron chi connectivity index (χ2n) is 4.45. The van der Waals surface area contributed by atoms with Gasteiger partial charge in [-0.3, -0.25) is 0 Å². The van der Waals surface area contributed by atoms with E-state index in [0.29, 0.717) is 0 Å². The maximum atomic E-state index is 9.90. The molecule has 0 bridgehead atoms. The fourth-order valence-electron chi connectivity index (χ4n) is 1.28. The summed E-state index contributed by atoms with van der Waals surface area (Å²) in [6.07, 6.45) is 0. The predicted molar refractivity (Wildman–Crippen MR) is 72.2 cm³/mol. The van der Waals surface area contributed by atoms with E-state index in [2.05, 4.69) is 24.4 Å². The molecule has 2 nitrogen and oxygen atoms in total. The molecule has 0 saturated carbocycles. The van der Waals surface area contributed by atoms with Crippen LogP contribution in [0.25, 0.3) is 0 Å². The van der Waals surface area contributed by atoms with Crippen molar-refractivity contribution in [1.82, 2.24) is 0 Å². The van der Waals surface area contributed by atoms with Gasteiger partial charge in [0.1, 0.15) is 0 Å². The van der Waals surface area contributed by atoms with E-state index in [1.54, 1.807) is 0 Å². The van der Waals surface area contributed by atoms with Gasteiger partial charge in [0.25, 0.3) is 0 Å². The summed E-state index contributed by atoms with van der Waals surface area (Å²) in [5.41, 5.74) is 0.383. The Morgan fingerprint density at radius 2 is 2.00 bits per heavy atom. The van der Waals surface area contributed by atoms with Crippen LogP contribution in [0.5, 0.6) is 0 Å². The Labute approximate surface area is 102 Å². The first kappa shape index (κ1) is 13.4. The highest BCUT2D eigenvalue weighted by atomic mass is 32.2. The number of hydrogen-bond donors (Lipinski definition) is 2. The van der Waals surface area contributed by atoms with Crippen molar-refractivity contribution in [2.45, 2.75) is 44.2 Å². The van der Waals surface area contributed by atoms with Gasteiger partial charge in [-0.2, -0.15) is 0 Å². The highest BCUT2D eigenvalue weighted by Gasteiger charge is 2.22. The van der Waals surface area contributed by atoms with Gasteiger partial charge in [0.2, 0.25) is 0 Å². The van der Waals surface area contributed by atoms with E-state index >= 15 is 0 Å². The van der Waals surface area contributed by atoms with Crippen molar-refractivity contribution in [3.05, 3.63) is 24.3 Å². The highest BCUT2D eigenvalue weighted by Crippen LogP contribution is 2.28. The molecule has 1 unspecified atom stereocenters. The smallest absolute Gasteiger partial charge is 0.0789 e. The minimum Gasteiger partial charge on any atom is -0.388 e. The third-order valence-corrected chi connectivity index (χ3v) is 3.57. The van der Waals surface area contributed by atoms with Crippen LogP contribution in [0.4, 0.5) is 5.69 Å². The molecule has 1 atom stereocenters. The first-order valence-electron chi connectivity index (χ1n) is 5.66. The van der Waals surface area contributed by atoms with Gasteiger partial charge in [-0.05, 0) is 38.7 Å². The van der Waals surface area contributed by atoms with Crippen LogP contribution in [0.2, 0.25) is 0 Å². The lowest BCUT2D eigenvalue weighted by Crippen LogP contribution is -2.39. The molecule has 0 heterocycles. The maximum absolute atomic E-state index is 9.90. The average Bonchev–Trinajstić information content (AvgIpc) is 2.20. The Morgan fingerprint density at radius 1 is 1.38 bits per heavy atom. The molecule has 0 aliphatic rings. The molecule has 0 amide bonds. The minimum absolute atomic E-state index is 0.0195. The van der Waals surface area contributed by atoms with Gasteiger partial charge in [0.15, 0.2) is 0 Å². The summed E-state index contributed by atoms with van der Waals surface area (Å²) in [5, 5.41) is 13.3. The molecule has 0 aliphatic heterocycles. The lowest BCUT2D eigenvalue weighted by Gasteiger charge is -2.28. The van der Waals surface area contributed by atoms with Crippen molar-refractivity contribution in [1.29, 1.82) is 0 Å². The maximum Gasteiger partial charge on any atom is 0.0789 e. The zero-order chi connectivity index (χ0) is 12.2. The number of benzene rings is 1. The van der Waals surface area contributed by atoms with Gasteiger partial charge in [-0.25, -0.2) is 0 Å². The molecule has 1 rings (SSSR count). The average molecular weight is 239 g/mol. The van der Waals surface area contributed by atoms with Crippen LogP contribution in [-0.2, 0) is 0 Å². The van der Waals surface area contributed by atoms with E-state index in [1.807, 2.05) is 44.7 Å². The van der Waals surface area contributed by atoms with Gasteiger partial charge in [0.05, 0.1) is 11.6 Å². The van der Waals surface area contributed by atoms with Crippen molar-refractivity contribution >= 4 is 17.4 Å². The van der Waals surface area contributed by atoms with Crippen molar-refractivity contribution < 1.29 is 5.11 Å². The SMILES string of the molecule is CCSc1ccccc1NC(C)C(C)(C)O. The predicted octanol–water partition coefficient (Wildman–Crippen LogP) is 3.37. The number of nitrogens with one attached hydrogen (secondary N) is 1. The van der Waals surface area contributed by atoms with E-state index in [0.717, 1.165) is 11.4 Å². The van der Waals surface area contributed by atoms with E-state index in [9.17, 15) is 5.11 Å². The van der Waals surface area contributed by atoms with Crippen LogP contribution < -0.4 is 5.32 Å². The molecule has 1 aromatic rings. The summed E-state index contributed by atoms with van der Waals surface area (Å²) < 4.78 is 0. The Balaban J connectivity index is 2.80. The number of rotatable bonds is 5. The summed E-state index contributed by atoms with van der Waals surface area (Å²) in [6.45, 7) is 7.77. The van der Waals surface area contributed by atoms with Crippen molar-refractivity contribution in [3.8, 4) is 0 Å². The normalized spacial score (nSPS) is 13.6. The topological polar surface area (TPSA) is 32.3 Å². The van der Waals surface area contributed by atoms with Crippen LogP contribution in [0, 0.1) is 0 Å². The van der Waals surface area contributed by atoms with E-state index in [4.69, 9.17) is 0 Å². The summed E-state index contributed by atoms with van der Waals surface area (Å²) in [6, 6.07) is 8.23. The molecule has 0 fully saturated rings. The highest BCUT2D eigenvalue weighted by molar-refractivity contribution is 7.99. The molecule has 0 aromatic heterocycles. The van der Waals surface area contributed by atoms with Crippen LogP contribution in [0.1, 0.15) is 27.7 Å². The van der Waals surface area contributed by atoms with Crippen LogP contribution in [0.15, 0.2) is 29.2 Å². The molecule has 0 saturated heterocycles. The largest absolute Gasteiger partial charge is 0.388 e. The van der Waals surface area contributed by atoms with Crippen LogP contribution >= 0.6 is 11.8 Å². The number of hydrogen-bond acceptors (Lipinski definition) is 3. The van der Waals surface area contributed by atoms with Crippen LogP contribution in [0.3, 0.4) is 0 Å². The fourth-order valence-corrected chi connectivity index (χ4v) is 2.05. The second-order valence-corrected chi connectivity index (χ2v) is 5.75. The Bertz CT molecular complexity index is 333. The summed E-state index contributed by atoms with van der Waals surface area (Å²) in [5.74, 6) is 1.05. The molecule has 3 heteroatoms. The zero-order valence-corrected chi connectivity index (χ0v) is 11.3. The number of thioether (sulfide) groups is 1. The molecule has 1 aromatic carbocycles. The Morgan fingerprint density at radius 3 is 2.56 bits per heavy atom. The third-order valence-electron chi connectivity index (χ3n) is 2.62. The Kier molecular flexibility index (Phi) is 4.69. The lowest BCUT2D eigenvalue weighted by molar-refractivity contribution is 0.0648. The molecule has 16 heavy (non-hydrogen) atoms. The van der Waals surface area contributed by atoms with Gasteiger partial charge in [0, 0.05) is 10.6 Å². The third kappa shape index (κ3) is 3.72. The van der Waals surface area contributed by atoms with Crippen LogP contribution in [-0.4, -0.2) is 22.5 Å². The molecular formula is C13H21NOS. The number of anilines is 1. The van der Waals surface area contributed by atoms with Crippen molar-refractivity contribution in [2.75, 3.05) is 11.1 Å². The van der Waals surface area contributed by atoms with Gasteiger partial charge < -0.3 is 10.4 Å². The first-order chi connectivity index (χ1) is 7.45. The van der Waals surface area contributed by atoms with Gasteiger partial charge in [-0.15, -0.1) is 11.8 Å². The van der Waals surface area contributed by atoms with Crippen molar-refractivity contribution in [3.63, 3.8) is 0 Å². The zero-order valence-electron chi connectivity index (χ0n) is 10.4. The second kappa shape index (κ2) is 5.60. The molecule has 0 radical (unpaired) electrons. The molecular weight excluding hydrogens is 218 g/mol. The number of para-hydroxylation sites is 1. The fraction of sp³-hybridized carbons (Fsp3) is 0.538. The van der Waals surface area contributed by atoms with Crippen molar-refractivity contribution in [2.24, 2.45) is 0 Å². The summed E-state index contributed by atoms with van der Waals surface area (Å²) >= 11 is 1.81. The first-order valence-corrected chi connectivity index (χ1v) is 6.64. The monoisotopic (exact) mass is 239 g/mol. The lowest BCUT2D eigenvalue weighted by atomic mass is 10.0. The minimum atomic E-state index is -0.718. The molecule has 90 valence electrons. The molecule has 0 aliphatic carbocycles. The standard InChI is InChI=1S/C13H21NOS/c1-5-16-12-9-7-6-8-11(12)14-10(2)13(3,4)15/h6-10,14-15H,5H2,1-4H3. The van der Waals surface area contributed by atoms with E-state index in [-0.39, 0.29) is 6.04 Å². The summed E-state index contributed by atoms with van der Waals surface area (Å²) in [7, 11) is 0. The molecule has 2 N–H and O–H groups in total. The molecule has 0 spiro atoms. The summed E-state index contributed by atoms with van der Waals surface area (Å²) in [4.78, 5) is 1.24. The quantitative estimate of drug-likeness (QED) is 0.773.